The second-order valence-electron chi connectivity index (χ2n) is 9.28. The lowest BCUT2D eigenvalue weighted by molar-refractivity contribution is -0.147. The summed E-state index contributed by atoms with van der Waals surface area (Å²) in [5.74, 6) is -0.316. The Hall–Kier alpha value is -2.71. The molecule has 1 aliphatic carbocycles. The number of halogens is 2. The van der Waals surface area contributed by atoms with Gasteiger partial charge < -0.3 is 19.8 Å². The van der Waals surface area contributed by atoms with E-state index in [0.717, 1.165) is 34.8 Å². The van der Waals surface area contributed by atoms with Crippen LogP contribution in [-0.4, -0.2) is 37.5 Å². The largest absolute Gasteiger partial charge is 0.382 e. The van der Waals surface area contributed by atoms with Crippen LogP contribution in [0, 0.1) is 0 Å². The average molecular weight is 496 g/mol. The maximum absolute atomic E-state index is 6.34. The Bertz CT molecular complexity index is 1460. The molecular weight excluding hydrogens is 473 g/mol. The van der Waals surface area contributed by atoms with E-state index >= 15 is 0 Å². The molecule has 0 bridgehead atoms. The van der Waals surface area contributed by atoms with Gasteiger partial charge in [-0.15, -0.1) is 0 Å². The number of rotatable bonds is 4. The van der Waals surface area contributed by atoms with Crippen LogP contribution in [0.1, 0.15) is 31.9 Å². The molecule has 4 aromatic rings. The van der Waals surface area contributed by atoms with Crippen molar-refractivity contribution in [2.75, 3.05) is 5.73 Å². The second-order valence-corrected chi connectivity index (χ2v) is 10.0. The molecule has 0 amide bonds. The molecule has 6 rings (SSSR count). The summed E-state index contributed by atoms with van der Waals surface area (Å²) in [6.07, 6.45) is 7.40. The molecule has 3 aromatic heterocycles. The molecule has 174 valence electrons. The Kier molecular flexibility index (Phi) is 5.08. The average Bonchev–Trinajstić information content (AvgIpc) is 3.43. The van der Waals surface area contributed by atoms with Crippen LogP contribution in [0.3, 0.4) is 0 Å². The van der Waals surface area contributed by atoms with E-state index in [-0.39, 0.29) is 23.5 Å². The molecule has 4 heterocycles. The van der Waals surface area contributed by atoms with Crippen LogP contribution in [0.4, 0.5) is 5.82 Å². The van der Waals surface area contributed by atoms with Gasteiger partial charge in [0.1, 0.15) is 23.7 Å². The smallest absolute Gasteiger partial charge is 0.224 e. The fourth-order valence-corrected chi connectivity index (χ4v) is 5.29. The summed E-state index contributed by atoms with van der Waals surface area (Å²) in [5.41, 5.74) is 9.91. The molecule has 2 N–H and O–H groups in total. The van der Waals surface area contributed by atoms with Gasteiger partial charge in [-0.05, 0) is 67.6 Å². The summed E-state index contributed by atoms with van der Waals surface area (Å²) in [7, 11) is 0. The van der Waals surface area contributed by atoms with Crippen LogP contribution < -0.4 is 5.73 Å². The minimum atomic E-state index is -0.660. The molecule has 0 radical (unpaired) electrons. The van der Waals surface area contributed by atoms with E-state index < -0.39 is 5.79 Å². The van der Waals surface area contributed by atoms with Crippen molar-refractivity contribution in [3.8, 4) is 0 Å². The molecular formula is C25H23Cl2N5O2. The highest BCUT2D eigenvalue weighted by Gasteiger charge is 2.50. The summed E-state index contributed by atoms with van der Waals surface area (Å²) in [5, 5.41) is 2.60. The van der Waals surface area contributed by atoms with E-state index in [1.165, 1.54) is 11.1 Å². The van der Waals surface area contributed by atoms with Gasteiger partial charge in [-0.2, -0.15) is 4.98 Å². The zero-order chi connectivity index (χ0) is 23.6. The summed E-state index contributed by atoms with van der Waals surface area (Å²) in [6.45, 7) is 3.91. The Balaban J connectivity index is 1.31. The summed E-state index contributed by atoms with van der Waals surface area (Å²) < 4.78 is 14.8. The van der Waals surface area contributed by atoms with E-state index in [1.807, 2.05) is 38.2 Å². The lowest BCUT2D eigenvalue weighted by Crippen LogP contribution is -2.27. The number of hydrogen-bond acceptors (Lipinski definition) is 6. The first-order valence-corrected chi connectivity index (χ1v) is 11.9. The predicted molar refractivity (Wildman–Crippen MR) is 133 cm³/mol. The number of benzene rings is 1. The van der Waals surface area contributed by atoms with Crippen molar-refractivity contribution in [3.63, 3.8) is 0 Å². The van der Waals surface area contributed by atoms with Gasteiger partial charge in [-0.25, -0.2) is 9.97 Å². The zero-order valence-corrected chi connectivity index (χ0v) is 20.2. The van der Waals surface area contributed by atoms with Crippen LogP contribution in [0.2, 0.25) is 10.3 Å². The van der Waals surface area contributed by atoms with E-state index in [2.05, 4.69) is 37.7 Å². The Morgan fingerprint density at radius 1 is 1.06 bits per heavy atom. The van der Waals surface area contributed by atoms with E-state index in [0.29, 0.717) is 10.8 Å². The normalized spacial score (nSPS) is 23.5. The summed E-state index contributed by atoms with van der Waals surface area (Å²) in [6, 6.07) is 10.0. The van der Waals surface area contributed by atoms with E-state index in [9.17, 15) is 0 Å². The third-order valence-electron chi connectivity index (χ3n) is 6.53. The molecule has 3 atom stereocenters. The molecule has 2 aliphatic rings. The maximum Gasteiger partial charge on any atom is 0.224 e. The first kappa shape index (κ1) is 21.8. The number of aryl methyl sites for hydroxylation is 1. The first-order chi connectivity index (χ1) is 16.3. The molecule has 9 heteroatoms. The molecule has 1 aromatic carbocycles. The fraction of sp³-hybridized carbons (Fsp3) is 0.320. The number of ether oxygens (including phenoxy) is 2. The summed E-state index contributed by atoms with van der Waals surface area (Å²) in [4.78, 5) is 13.0. The Labute approximate surface area is 206 Å². The fourth-order valence-electron chi connectivity index (χ4n) is 5.00. The Morgan fingerprint density at radius 3 is 2.76 bits per heavy atom. The van der Waals surface area contributed by atoms with Crippen molar-refractivity contribution in [2.45, 2.75) is 50.7 Å². The molecule has 1 fully saturated rings. The third kappa shape index (κ3) is 3.73. The summed E-state index contributed by atoms with van der Waals surface area (Å²) >= 11 is 12.2. The topological polar surface area (TPSA) is 88.1 Å². The number of anilines is 1. The van der Waals surface area contributed by atoms with Crippen molar-refractivity contribution in [1.29, 1.82) is 0 Å². The Morgan fingerprint density at radius 2 is 1.91 bits per heavy atom. The van der Waals surface area contributed by atoms with Gasteiger partial charge in [0.05, 0.1) is 16.6 Å². The van der Waals surface area contributed by atoms with Crippen molar-refractivity contribution in [2.24, 2.45) is 0 Å². The molecule has 1 aliphatic heterocycles. The van der Waals surface area contributed by atoms with Gasteiger partial charge in [0.25, 0.3) is 0 Å². The van der Waals surface area contributed by atoms with Crippen molar-refractivity contribution in [1.82, 2.24) is 19.5 Å². The van der Waals surface area contributed by atoms with Gasteiger partial charge in [0.2, 0.25) is 5.28 Å². The maximum atomic E-state index is 6.34. The molecule has 0 saturated carbocycles. The van der Waals surface area contributed by atoms with Gasteiger partial charge in [-0.3, -0.25) is 0 Å². The van der Waals surface area contributed by atoms with Crippen LogP contribution in [-0.2, 0) is 15.9 Å². The highest BCUT2D eigenvalue weighted by Crippen LogP contribution is 2.45. The van der Waals surface area contributed by atoms with Gasteiger partial charge in [-0.1, -0.05) is 29.8 Å². The van der Waals surface area contributed by atoms with E-state index in [4.69, 9.17) is 38.4 Å². The van der Waals surface area contributed by atoms with E-state index in [1.54, 1.807) is 6.20 Å². The number of nitrogen functional groups attached to an aromatic ring is 1. The minimum absolute atomic E-state index is 0.0505. The molecule has 0 spiro atoms. The van der Waals surface area contributed by atoms with Gasteiger partial charge >= 0.3 is 0 Å². The number of aromatic nitrogens is 4. The predicted octanol–water partition coefficient (Wildman–Crippen LogP) is 5.50. The van der Waals surface area contributed by atoms with Crippen LogP contribution in [0.15, 0.2) is 54.4 Å². The van der Waals surface area contributed by atoms with Crippen LogP contribution in [0.25, 0.3) is 21.9 Å². The molecule has 7 nitrogen and oxygen atoms in total. The standard InChI is InChI=1S/C25H23Cl2N5O2/c1-25(2)33-20-15(6-4-13-3-5-14-10-17(26)22(28)30-18(14)9-13)11-19(21(20)34-25)32-8-7-16-12-29-24(27)31-23(16)32/h3,5,7-12,19-21H,4,6H2,1-2H3,(H2,28,30)/t19-,20-,21+/m1/s1. The van der Waals surface area contributed by atoms with Crippen LogP contribution >= 0.6 is 23.2 Å². The number of pyridine rings is 1. The lowest BCUT2D eigenvalue weighted by atomic mass is 10.0. The molecule has 1 saturated heterocycles. The highest BCUT2D eigenvalue weighted by atomic mass is 35.5. The molecule has 0 unspecified atom stereocenters. The number of hydrogen-bond donors (Lipinski definition) is 1. The number of nitrogens with zero attached hydrogens (tertiary/aromatic N) is 4. The highest BCUT2D eigenvalue weighted by molar-refractivity contribution is 6.33. The minimum Gasteiger partial charge on any atom is -0.382 e. The lowest BCUT2D eigenvalue weighted by Gasteiger charge is -2.22. The number of fused-ring (bicyclic) bond motifs is 3. The first-order valence-electron chi connectivity index (χ1n) is 11.2. The van der Waals surface area contributed by atoms with Crippen LogP contribution in [0.5, 0.6) is 0 Å². The quantitative estimate of drug-likeness (QED) is 0.297. The third-order valence-corrected chi connectivity index (χ3v) is 7.01. The monoisotopic (exact) mass is 495 g/mol. The van der Waals surface area contributed by atoms with Crippen molar-refractivity contribution < 1.29 is 9.47 Å². The zero-order valence-electron chi connectivity index (χ0n) is 18.7. The second kappa shape index (κ2) is 7.92. The van der Waals surface area contributed by atoms with Gasteiger partial charge in [0, 0.05) is 23.2 Å². The van der Waals surface area contributed by atoms with Gasteiger partial charge in [0.15, 0.2) is 5.79 Å². The molecule has 34 heavy (non-hydrogen) atoms. The SMILES string of the molecule is CC1(C)O[C@@H]2[C@H](O1)C(CCc1ccc3cc(Cl)c(N)nc3c1)=C[C@H]2n1ccc2cnc(Cl)nc21. The number of nitrogens with two attached hydrogens (primary N) is 1. The van der Waals surface area contributed by atoms with Crippen molar-refractivity contribution in [3.05, 3.63) is 70.2 Å². The van der Waals surface area contributed by atoms with Crippen molar-refractivity contribution >= 4 is 51.0 Å².